The fourth-order valence-corrected chi connectivity index (χ4v) is 2.77. The van der Waals surface area contributed by atoms with Gasteiger partial charge in [-0.25, -0.2) is 13.8 Å². The van der Waals surface area contributed by atoms with Crippen LogP contribution in [-0.4, -0.2) is 4.98 Å². The van der Waals surface area contributed by atoms with Gasteiger partial charge in [0.15, 0.2) is 0 Å². The van der Waals surface area contributed by atoms with Crippen LogP contribution in [0.15, 0.2) is 6.07 Å². The second-order valence-corrected chi connectivity index (χ2v) is 5.17. The lowest BCUT2D eigenvalue weighted by Gasteiger charge is -2.15. The predicted molar refractivity (Wildman–Crippen MR) is 70.2 cm³/mol. The Hall–Kier alpha value is -1.22. The van der Waals surface area contributed by atoms with Crippen molar-refractivity contribution in [1.82, 2.24) is 4.98 Å². The van der Waals surface area contributed by atoms with Crippen LogP contribution in [0.3, 0.4) is 0 Å². The summed E-state index contributed by atoms with van der Waals surface area (Å²) in [5.74, 6) is -0.924. The zero-order valence-corrected chi connectivity index (χ0v) is 11.5. The molecule has 0 fully saturated rings. The van der Waals surface area contributed by atoms with E-state index in [9.17, 15) is 8.78 Å². The van der Waals surface area contributed by atoms with Gasteiger partial charge in [0.05, 0.1) is 10.4 Å². The Kier molecular flexibility index (Phi) is 3.28. The molecule has 0 aliphatic heterocycles. The average Bonchev–Trinajstić information content (AvgIpc) is 2.25. The van der Waals surface area contributed by atoms with Crippen molar-refractivity contribution >= 4 is 22.5 Å². The number of benzene rings is 1. The molecule has 0 bridgehead atoms. The summed E-state index contributed by atoms with van der Waals surface area (Å²) in [6.07, 6.45) is 0. The van der Waals surface area contributed by atoms with Crippen molar-refractivity contribution < 1.29 is 8.78 Å². The molecule has 0 saturated heterocycles. The Labute approximate surface area is 110 Å². The summed E-state index contributed by atoms with van der Waals surface area (Å²) in [4.78, 5) is 4.16. The maximum atomic E-state index is 14.1. The Morgan fingerprint density at radius 3 is 2.39 bits per heavy atom. The van der Waals surface area contributed by atoms with E-state index in [0.717, 1.165) is 11.6 Å². The fraction of sp³-hybridized carbons (Fsp3) is 0.357. The van der Waals surface area contributed by atoms with Crippen LogP contribution in [0.4, 0.5) is 8.78 Å². The zero-order chi connectivity index (χ0) is 13.6. The van der Waals surface area contributed by atoms with Crippen LogP contribution in [0.5, 0.6) is 0 Å². The minimum absolute atomic E-state index is 0.00463. The highest BCUT2D eigenvalue weighted by Gasteiger charge is 2.20. The zero-order valence-electron chi connectivity index (χ0n) is 10.7. The van der Waals surface area contributed by atoms with Crippen molar-refractivity contribution in [2.75, 3.05) is 0 Å². The van der Waals surface area contributed by atoms with Crippen LogP contribution in [0.25, 0.3) is 10.9 Å². The van der Waals surface area contributed by atoms with E-state index in [1.54, 1.807) is 6.92 Å². The van der Waals surface area contributed by atoms with Gasteiger partial charge in [0.2, 0.25) is 0 Å². The highest BCUT2D eigenvalue weighted by molar-refractivity contribution is 6.36. The second kappa shape index (κ2) is 4.47. The SMILES string of the molecule is Cc1cc(F)c2nc(C)c(C(C)C)c(Cl)c2c1F. The average molecular weight is 270 g/mol. The molecule has 2 rings (SSSR count). The molecule has 0 saturated carbocycles. The minimum Gasteiger partial charge on any atom is -0.250 e. The molecule has 96 valence electrons. The molecular weight excluding hydrogens is 256 g/mol. The van der Waals surface area contributed by atoms with Gasteiger partial charge >= 0.3 is 0 Å². The maximum Gasteiger partial charge on any atom is 0.149 e. The van der Waals surface area contributed by atoms with Gasteiger partial charge in [0.1, 0.15) is 17.2 Å². The van der Waals surface area contributed by atoms with Crippen LogP contribution in [-0.2, 0) is 0 Å². The molecule has 0 amide bonds. The Morgan fingerprint density at radius 2 is 1.83 bits per heavy atom. The van der Waals surface area contributed by atoms with Crippen molar-refractivity contribution in [3.05, 3.63) is 39.5 Å². The molecule has 2 aromatic rings. The van der Waals surface area contributed by atoms with E-state index in [4.69, 9.17) is 11.6 Å². The lowest BCUT2D eigenvalue weighted by Crippen LogP contribution is -2.02. The summed E-state index contributed by atoms with van der Waals surface area (Å²) >= 11 is 6.24. The van der Waals surface area contributed by atoms with E-state index in [1.165, 1.54) is 6.92 Å². The molecule has 0 unspecified atom stereocenters. The monoisotopic (exact) mass is 269 g/mol. The Morgan fingerprint density at radius 1 is 1.22 bits per heavy atom. The number of rotatable bonds is 1. The highest BCUT2D eigenvalue weighted by Crippen LogP contribution is 2.36. The summed E-state index contributed by atoms with van der Waals surface area (Å²) in [5.41, 5.74) is 1.66. The number of halogens is 3. The lowest BCUT2D eigenvalue weighted by molar-refractivity contribution is 0.607. The molecule has 0 N–H and O–H groups in total. The standard InChI is InChI=1S/C14H14ClF2N/c1-6(2)10-8(4)18-14-9(16)5-7(3)13(17)11(14)12(10)15/h5-6H,1-4H3. The van der Waals surface area contributed by atoms with Crippen molar-refractivity contribution in [2.24, 2.45) is 0 Å². The predicted octanol–water partition coefficient (Wildman–Crippen LogP) is 4.91. The van der Waals surface area contributed by atoms with E-state index >= 15 is 0 Å². The van der Waals surface area contributed by atoms with Crippen LogP contribution in [0, 0.1) is 25.5 Å². The summed E-state index contributed by atoms with van der Waals surface area (Å²) in [6.45, 7) is 7.18. The number of hydrogen-bond donors (Lipinski definition) is 0. The minimum atomic E-state index is -0.538. The summed E-state index contributed by atoms with van der Waals surface area (Å²) in [7, 11) is 0. The molecule has 0 atom stereocenters. The van der Waals surface area contributed by atoms with Gasteiger partial charge in [0, 0.05) is 5.69 Å². The van der Waals surface area contributed by atoms with E-state index in [2.05, 4.69) is 4.98 Å². The molecule has 4 heteroatoms. The first kappa shape index (κ1) is 13.2. The quantitative estimate of drug-likeness (QED) is 0.717. The first-order valence-electron chi connectivity index (χ1n) is 5.78. The third-order valence-electron chi connectivity index (χ3n) is 3.07. The van der Waals surface area contributed by atoms with Gasteiger partial charge in [-0.15, -0.1) is 0 Å². The second-order valence-electron chi connectivity index (χ2n) is 4.79. The molecule has 18 heavy (non-hydrogen) atoms. The molecule has 1 nitrogen and oxygen atoms in total. The van der Waals surface area contributed by atoms with Gasteiger partial charge in [-0.05, 0) is 37.0 Å². The van der Waals surface area contributed by atoms with Gasteiger partial charge in [-0.1, -0.05) is 25.4 Å². The molecule has 1 heterocycles. The van der Waals surface area contributed by atoms with Crippen molar-refractivity contribution in [3.8, 4) is 0 Å². The number of aryl methyl sites for hydroxylation is 2. The molecule has 0 spiro atoms. The van der Waals surface area contributed by atoms with E-state index < -0.39 is 11.6 Å². The third kappa shape index (κ3) is 1.87. The van der Waals surface area contributed by atoms with E-state index in [0.29, 0.717) is 5.69 Å². The Balaban J connectivity index is 3.01. The lowest BCUT2D eigenvalue weighted by atomic mass is 9.98. The first-order chi connectivity index (χ1) is 8.34. The van der Waals surface area contributed by atoms with Crippen LogP contribution in [0.1, 0.15) is 36.6 Å². The number of aromatic nitrogens is 1. The molecule has 0 aliphatic rings. The van der Waals surface area contributed by atoms with Crippen molar-refractivity contribution in [3.63, 3.8) is 0 Å². The topological polar surface area (TPSA) is 12.9 Å². The molecule has 0 radical (unpaired) electrons. The number of nitrogens with zero attached hydrogens (tertiary/aromatic N) is 1. The summed E-state index contributed by atoms with van der Waals surface area (Å²) in [6, 6.07) is 1.15. The maximum absolute atomic E-state index is 14.1. The third-order valence-corrected chi connectivity index (χ3v) is 3.47. The van der Waals surface area contributed by atoms with Gasteiger partial charge in [-0.3, -0.25) is 0 Å². The Bertz CT molecular complexity index is 636. The highest BCUT2D eigenvalue weighted by atomic mass is 35.5. The summed E-state index contributed by atoms with van der Waals surface area (Å²) < 4.78 is 28.0. The number of hydrogen-bond acceptors (Lipinski definition) is 1. The fourth-order valence-electron chi connectivity index (χ4n) is 2.24. The van der Waals surface area contributed by atoms with Gasteiger partial charge in [-0.2, -0.15) is 0 Å². The van der Waals surface area contributed by atoms with Crippen molar-refractivity contribution in [2.45, 2.75) is 33.6 Å². The molecule has 1 aromatic carbocycles. The van der Waals surface area contributed by atoms with Crippen LogP contribution in [0.2, 0.25) is 5.02 Å². The largest absolute Gasteiger partial charge is 0.250 e. The van der Waals surface area contributed by atoms with Crippen LogP contribution >= 0.6 is 11.6 Å². The number of pyridine rings is 1. The summed E-state index contributed by atoms with van der Waals surface area (Å²) in [5, 5.41) is 0.357. The normalized spacial score (nSPS) is 11.6. The van der Waals surface area contributed by atoms with Gasteiger partial charge < -0.3 is 0 Å². The van der Waals surface area contributed by atoms with Crippen LogP contribution < -0.4 is 0 Å². The molecule has 0 aliphatic carbocycles. The van der Waals surface area contributed by atoms with E-state index in [-0.39, 0.29) is 27.4 Å². The number of fused-ring (bicyclic) bond motifs is 1. The van der Waals surface area contributed by atoms with Crippen molar-refractivity contribution in [1.29, 1.82) is 0 Å². The smallest absolute Gasteiger partial charge is 0.149 e. The molecule has 1 aromatic heterocycles. The van der Waals surface area contributed by atoms with E-state index in [1.807, 2.05) is 13.8 Å². The van der Waals surface area contributed by atoms with Gasteiger partial charge in [0.25, 0.3) is 0 Å². The first-order valence-corrected chi connectivity index (χ1v) is 6.16. The molecular formula is C14H14ClF2N.